The van der Waals surface area contributed by atoms with E-state index in [-0.39, 0.29) is 17.5 Å². The Morgan fingerprint density at radius 2 is 1.59 bits per heavy atom. The number of allylic oxidation sites excluding steroid dienone is 3. The zero-order valence-electron chi connectivity index (χ0n) is 28.6. The van der Waals surface area contributed by atoms with E-state index in [1.165, 1.54) is 87.8 Å². The van der Waals surface area contributed by atoms with E-state index >= 15 is 0 Å². The minimum atomic E-state index is -0.182. The molecule has 0 saturated heterocycles. The molecule has 2 nitrogen and oxygen atoms in total. The molecule has 7 rings (SSSR count). The Hall–Kier alpha value is -3.98. The lowest BCUT2D eigenvalue weighted by Crippen LogP contribution is -2.64. The molecule has 0 amide bonds. The second-order valence-electron chi connectivity index (χ2n) is 14.7. The summed E-state index contributed by atoms with van der Waals surface area (Å²) in [6, 6.07) is 29.0. The van der Waals surface area contributed by atoms with Crippen molar-refractivity contribution in [1.82, 2.24) is 0 Å². The van der Waals surface area contributed by atoms with E-state index in [0.717, 1.165) is 24.3 Å². The number of hydrogen-bond acceptors (Lipinski definition) is 2. The third-order valence-corrected chi connectivity index (χ3v) is 10.8. The third-order valence-electron chi connectivity index (χ3n) is 10.8. The van der Waals surface area contributed by atoms with Crippen LogP contribution >= 0.6 is 0 Å². The summed E-state index contributed by atoms with van der Waals surface area (Å²) in [7, 11) is 0. The molecule has 234 valence electrons. The summed E-state index contributed by atoms with van der Waals surface area (Å²) in [5.41, 5.74) is 14.0. The molecule has 0 spiro atoms. The van der Waals surface area contributed by atoms with Gasteiger partial charge in [-0.3, -0.25) is 0 Å². The predicted octanol–water partition coefficient (Wildman–Crippen LogP) is 9.78. The Morgan fingerprint density at radius 3 is 2.33 bits per heavy atom. The average molecular weight is 606 g/mol. The maximum absolute atomic E-state index is 6.43. The van der Waals surface area contributed by atoms with Crippen LogP contribution in [-0.2, 0) is 11.8 Å². The molecule has 0 bridgehead atoms. The number of rotatable bonds is 9. The van der Waals surface area contributed by atoms with Crippen LogP contribution < -0.4 is 26.0 Å². The van der Waals surface area contributed by atoms with Gasteiger partial charge in [0.25, 0.3) is 0 Å². The van der Waals surface area contributed by atoms with Crippen molar-refractivity contribution in [2.45, 2.75) is 91.9 Å². The summed E-state index contributed by atoms with van der Waals surface area (Å²) in [4.78, 5) is 2.58. The smallest absolute Gasteiger partial charge is 0.247 e. The lowest BCUT2D eigenvalue weighted by molar-refractivity contribution is 0.377. The van der Waals surface area contributed by atoms with Gasteiger partial charge < -0.3 is 9.64 Å². The van der Waals surface area contributed by atoms with Crippen LogP contribution in [0, 0.1) is 12.3 Å². The lowest BCUT2D eigenvalue weighted by Gasteiger charge is -2.47. The monoisotopic (exact) mass is 605 g/mol. The number of ether oxygens (including phenoxy) is 1. The zero-order chi connectivity index (χ0) is 32.1. The van der Waals surface area contributed by atoms with Gasteiger partial charge in [-0.05, 0) is 108 Å². The highest BCUT2D eigenvalue weighted by Gasteiger charge is 2.47. The van der Waals surface area contributed by atoms with Gasteiger partial charge in [-0.2, -0.15) is 0 Å². The molecule has 2 heterocycles. The van der Waals surface area contributed by atoms with Gasteiger partial charge in [0.2, 0.25) is 6.71 Å². The molecule has 3 heteroatoms. The highest BCUT2D eigenvalue weighted by atomic mass is 16.5. The van der Waals surface area contributed by atoms with Gasteiger partial charge in [-0.15, -0.1) is 0 Å². The summed E-state index contributed by atoms with van der Waals surface area (Å²) in [6.07, 6.45) is 15.7. The molecule has 2 aliphatic heterocycles. The fourth-order valence-corrected chi connectivity index (χ4v) is 8.29. The summed E-state index contributed by atoms with van der Waals surface area (Å²) >= 11 is 0. The van der Waals surface area contributed by atoms with E-state index in [9.17, 15) is 0 Å². The molecule has 4 aromatic carbocycles. The van der Waals surface area contributed by atoms with Gasteiger partial charge in [0.1, 0.15) is 11.5 Å². The van der Waals surface area contributed by atoms with Crippen molar-refractivity contribution < 1.29 is 4.74 Å². The maximum Gasteiger partial charge on any atom is 0.247 e. The molecule has 0 aromatic heterocycles. The molecular weight excluding hydrogens is 557 g/mol. The van der Waals surface area contributed by atoms with Crippen molar-refractivity contribution in [2.75, 3.05) is 4.90 Å². The Labute approximate surface area is 277 Å². The van der Waals surface area contributed by atoms with Crippen molar-refractivity contribution in [3.8, 4) is 11.5 Å². The predicted molar refractivity (Wildman–Crippen MR) is 198 cm³/mol. The number of aryl methyl sites for hydroxylation is 2. The fraction of sp³-hybridized carbons (Fsp3) is 0.349. The Bertz CT molecular complexity index is 1830. The number of nitrogens with zero attached hydrogens (tertiary/aromatic N) is 1. The van der Waals surface area contributed by atoms with Crippen molar-refractivity contribution in [1.29, 1.82) is 0 Å². The van der Waals surface area contributed by atoms with E-state index in [2.05, 4.69) is 113 Å². The lowest BCUT2D eigenvalue weighted by atomic mass is 9.30. The highest BCUT2D eigenvalue weighted by molar-refractivity contribution is 6.99. The first-order chi connectivity index (χ1) is 22.2. The van der Waals surface area contributed by atoms with Crippen LogP contribution in [0.2, 0.25) is 0 Å². The van der Waals surface area contributed by atoms with Crippen LogP contribution in [-0.4, -0.2) is 6.71 Å². The largest absolute Gasteiger partial charge is 0.457 e. The van der Waals surface area contributed by atoms with Gasteiger partial charge in [0, 0.05) is 22.5 Å². The first-order valence-electron chi connectivity index (χ1n) is 17.6. The molecule has 1 aliphatic carbocycles. The number of unbranched alkanes of at least 4 members (excludes halogenated alkanes) is 2. The summed E-state index contributed by atoms with van der Waals surface area (Å²) < 4.78 is 6.43. The standard InChI is InChI=1S/C43H48BNO/c1-7-9-14-31-18-22-39-41-40(31)42(4,5)35-29-34(46-33-15-12-11-13-16-33)19-20-36(35)44(41)37-28-30(3)17-21-38(37)45(39)32-23-26-43(6,27-24-32)25-10-8-2/h11-13,15-24,26,28-29H,7-10,14,25,27H2,1-6H3. The molecule has 1 unspecified atom stereocenters. The van der Waals surface area contributed by atoms with Crippen LogP contribution in [0.1, 0.15) is 95.4 Å². The van der Waals surface area contributed by atoms with Gasteiger partial charge >= 0.3 is 0 Å². The Morgan fingerprint density at radius 1 is 0.804 bits per heavy atom. The highest BCUT2D eigenvalue weighted by Crippen LogP contribution is 2.45. The quantitative estimate of drug-likeness (QED) is 0.176. The molecular formula is C43H48BNO. The van der Waals surface area contributed by atoms with E-state index in [0.29, 0.717) is 0 Å². The van der Waals surface area contributed by atoms with Gasteiger partial charge in [0.15, 0.2) is 0 Å². The molecule has 46 heavy (non-hydrogen) atoms. The van der Waals surface area contributed by atoms with Crippen LogP contribution in [0.5, 0.6) is 11.5 Å². The van der Waals surface area contributed by atoms with E-state index in [1.807, 2.05) is 30.3 Å². The second-order valence-corrected chi connectivity index (χ2v) is 14.7. The van der Waals surface area contributed by atoms with Gasteiger partial charge in [-0.25, -0.2) is 0 Å². The minimum Gasteiger partial charge on any atom is -0.457 e. The van der Waals surface area contributed by atoms with Gasteiger partial charge in [-0.1, -0.05) is 120 Å². The number of fused-ring (bicyclic) bond motifs is 4. The molecule has 0 N–H and O–H groups in total. The molecule has 1 atom stereocenters. The van der Waals surface area contributed by atoms with Gasteiger partial charge in [0.05, 0.1) is 0 Å². The Kier molecular flexibility index (Phi) is 8.00. The topological polar surface area (TPSA) is 12.5 Å². The SMILES string of the molecule is CCCCc1ccc2c3c1C(C)(C)c1cc(Oc4ccccc4)ccc1B3c1cc(C)ccc1N2C1=CCC(C)(CCCC)C=C1. The number of anilines is 2. The van der Waals surface area contributed by atoms with Crippen molar-refractivity contribution in [3.63, 3.8) is 0 Å². The minimum absolute atomic E-state index is 0.175. The average Bonchev–Trinajstić information content (AvgIpc) is 3.06. The molecule has 4 aromatic rings. The third kappa shape index (κ3) is 5.22. The molecule has 3 aliphatic rings. The van der Waals surface area contributed by atoms with E-state index in [1.54, 1.807) is 0 Å². The summed E-state index contributed by atoms with van der Waals surface area (Å²) in [5, 5.41) is 0. The summed E-state index contributed by atoms with van der Waals surface area (Å²) in [6.45, 7) is 14.3. The van der Waals surface area contributed by atoms with Crippen molar-refractivity contribution in [3.05, 3.63) is 125 Å². The molecule has 0 radical (unpaired) electrons. The molecule has 0 fully saturated rings. The summed E-state index contributed by atoms with van der Waals surface area (Å²) in [5.74, 6) is 1.77. The number of hydrogen-bond donors (Lipinski definition) is 0. The Balaban J connectivity index is 1.43. The second kappa shape index (κ2) is 12.0. The maximum atomic E-state index is 6.43. The van der Waals surface area contributed by atoms with Crippen LogP contribution in [0.15, 0.2) is 103 Å². The van der Waals surface area contributed by atoms with Crippen LogP contribution in [0.4, 0.5) is 11.4 Å². The van der Waals surface area contributed by atoms with E-state index < -0.39 is 0 Å². The normalized spacial score (nSPS) is 18.9. The zero-order valence-corrected chi connectivity index (χ0v) is 28.6. The fourth-order valence-electron chi connectivity index (χ4n) is 8.29. The first-order valence-corrected chi connectivity index (χ1v) is 17.6. The van der Waals surface area contributed by atoms with Crippen LogP contribution in [0.3, 0.4) is 0 Å². The number of benzene rings is 4. The van der Waals surface area contributed by atoms with E-state index in [4.69, 9.17) is 4.74 Å². The number of para-hydroxylation sites is 1. The first kappa shape index (κ1) is 30.7. The molecule has 0 saturated carbocycles. The van der Waals surface area contributed by atoms with Crippen LogP contribution in [0.25, 0.3) is 0 Å². The van der Waals surface area contributed by atoms with Crippen molar-refractivity contribution in [2.24, 2.45) is 5.41 Å². The van der Waals surface area contributed by atoms with Crippen molar-refractivity contribution >= 4 is 34.5 Å².